The lowest BCUT2D eigenvalue weighted by Crippen LogP contribution is -2.40. The molecule has 4 rings (SSSR count). The van der Waals surface area contributed by atoms with Gasteiger partial charge in [-0.05, 0) is 36.8 Å². The van der Waals surface area contributed by atoms with Gasteiger partial charge in [0.15, 0.2) is 0 Å². The molecule has 2 heterocycles. The zero-order valence-corrected chi connectivity index (χ0v) is 18.2. The zero-order chi connectivity index (χ0) is 21.8. The SMILES string of the molecule is CCCn1c(COC(=O)c2ccccc2)nc2cc(S(=O)(=O)N3CCOCC3)ccc21. The molecular weight excluding hydrogens is 418 g/mol. The topological polar surface area (TPSA) is 90.7 Å². The van der Waals surface area contributed by atoms with Gasteiger partial charge in [-0.2, -0.15) is 4.31 Å². The second-order valence-electron chi connectivity index (χ2n) is 7.29. The van der Waals surface area contributed by atoms with Crippen LogP contribution in [0.1, 0.15) is 29.5 Å². The van der Waals surface area contributed by atoms with Gasteiger partial charge in [-0.25, -0.2) is 18.2 Å². The normalized spacial score (nSPS) is 15.3. The molecule has 3 aromatic rings. The third-order valence-corrected chi connectivity index (χ3v) is 7.09. The Hall–Kier alpha value is -2.75. The molecule has 2 aromatic carbocycles. The molecule has 0 N–H and O–H groups in total. The number of aryl methyl sites for hydroxylation is 1. The molecule has 31 heavy (non-hydrogen) atoms. The minimum absolute atomic E-state index is 0.00789. The third-order valence-electron chi connectivity index (χ3n) is 5.20. The van der Waals surface area contributed by atoms with E-state index in [2.05, 4.69) is 4.98 Å². The molecule has 1 aliphatic rings. The Kier molecular flexibility index (Phi) is 6.35. The van der Waals surface area contributed by atoms with E-state index in [-0.39, 0.29) is 11.5 Å². The highest BCUT2D eigenvalue weighted by molar-refractivity contribution is 7.89. The van der Waals surface area contributed by atoms with Gasteiger partial charge in [0.05, 0.1) is 34.7 Å². The van der Waals surface area contributed by atoms with Gasteiger partial charge in [-0.3, -0.25) is 0 Å². The van der Waals surface area contributed by atoms with E-state index in [0.29, 0.717) is 49.8 Å². The number of nitrogens with zero attached hydrogens (tertiary/aromatic N) is 3. The number of esters is 1. The van der Waals surface area contributed by atoms with Gasteiger partial charge < -0.3 is 14.0 Å². The summed E-state index contributed by atoms with van der Waals surface area (Å²) >= 11 is 0. The molecule has 0 atom stereocenters. The van der Waals surface area contributed by atoms with Crippen molar-refractivity contribution in [3.8, 4) is 0 Å². The van der Waals surface area contributed by atoms with E-state index in [4.69, 9.17) is 9.47 Å². The molecule has 8 nitrogen and oxygen atoms in total. The van der Waals surface area contributed by atoms with Crippen LogP contribution < -0.4 is 0 Å². The van der Waals surface area contributed by atoms with Crippen molar-refractivity contribution in [3.63, 3.8) is 0 Å². The summed E-state index contributed by atoms with van der Waals surface area (Å²) in [6.45, 7) is 4.20. The fraction of sp³-hybridized carbons (Fsp3) is 0.364. The van der Waals surface area contributed by atoms with E-state index in [1.54, 1.807) is 42.5 Å². The largest absolute Gasteiger partial charge is 0.454 e. The molecule has 164 valence electrons. The Bertz CT molecular complexity index is 1170. The van der Waals surface area contributed by atoms with Crippen LogP contribution in [0.25, 0.3) is 11.0 Å². The Balaban J connectivity index is 1.62. The number of imidazole rings is 1. The van der Waals surface area contributed by atoms with Crippen LogP contribution in [0.15, 0.2) is 53.4 Å². The van der Waals surface area contributed by atoms with Crippen molar-refractivity contribution in [2.75, 3.05) is 26.3 Å². The Labute approximate surface area is 181 Å². The quantitative estimate of drug-likeness (QED) is 0.522. The summed E-state index contributed by atoms with van der Waals surface area (Å²) in [5, 5.41) is 0. The number of benzene rings is 2. The van der Waals surface area contributed by atoms with Crippen molar-refractivity contribution in [2.24, 2.45) is 0 Å². The molecule has 1 aromatic heterocycles. The van der Waals surface area contributed by atoms with Crippen molar-refractivity contribution >= 4 is 27.0 Å². The van der Waals surface area contributed by atoms with E-state index in [0.717, 1.165) is 11.9 Å². The first-order valence-electron chi connectivity index (χ1n) is 10.3. The summed E-state index contributed by atoms with van der Waals surface area (Å²) in [7, 11) is -3.61. The van der Waals surface area contributed by atoms with Gasteiger partial charge >= 0.3 is 5.97 Å². The number of hydrogen-bond donors (Lipinski definition) is 0. The Morgan fingerprint density at radius 3 is 2.58 bits per heavy atom. The lowest BCUT2D eigenvalue weighted by atomic mass is 10.2. The predicted molar refractivity (Wildman–Crippen MR) is 115 cm³/mol. The summed E-state index contributed by atoms with van der Waals surface area (Å²) in [4.78, 5) is 17.1. The highest BCUT2D eigenvalue weighted by Gasteiger charge is 2.27. The first-order valence-corrected chi connectivity index (χ1v) is 11.7. The fourth-order valence-electron chi connectivity index (χ4n) is 3.63. The van der Waals surface area contributed by atoms with E-state index in [1.165, 1.54) is 4.31 Å². The number of hydrogen-bond acceptors (Lipinski definition) is 6. The van der Waals surface area contributed by atoms with Gasteiger partial charge in [0.25, 0.3) is 0 Å². The van der Waals surface area contributed by atoms with Gasteiger partial charge in [0.2, 0.25) is 10.0 Å². The van der Waals surface area contributed by atoms with E-state index >= 15 is 0 Å². The van der Waals surface area contributed by atoms with Crippen LogP contribution in [0.4, 0.5) is 0 Å². The van der Waals surface area contributed by atoms with E-state index in [9.17, 15) is 13.2 Å². The van der Waals surface area contributed by atoms with E-state index < -0.39 is 16.0 Å². The maximum Gasteiger partial charge on any atom is 0.338 e. The van der Waals surface area contributed by atoms with Crippen LogP contribution in [-0.4, -0.2) is 54.5 Å². The lowest BCUT2D eigenvalue weighted by Gasteiger charge is -2.26. The number of morpholine rings is 1. The average Bonchev–Trinajstić information content (AvgIpc) is 3.15. The molecule has 0 saturated carbocycles. The molecule has 0 unspecified atom stereocenters. The van der Waals surface area contributed by atoms with Crippen LogP contribution in [0.3, 0.4) is 0 Å². The molecule has 1 fully saturated rings. The number of aromatic nitrogens is 2. The summed E-state index contributed by atoms with van der Waals surface area (Å²) in [5.41, 5.74) is 1.85. The van der Waals surface area contributed by atoms with Crippen molar-refractivity contribution in [1.82, 2.24) is 13.9 Å². The zero-order valence-electron chi connectivity index (χ0n) is 17.4. The maximum atomic E-state index is 13.0. The molecule has 0 aliphatic carbocycles. The van der Waals surface area contributed by atoms with Gasteiger partial charge in [0, 0.05) is 19.6 Å². The first-order chi connectivity index (χ1) is 15.0. The van der Waals surface area contributed by atoms with Gasteiger partial charge in [0.1, 0.15) is 12.4 Å². The number of ether oxygens (including phenoxy) is 2. The van der Waals surface area contributed by atoms with Gasteiger partial charge in [-0.1, -0.05) is 25.1 Å². The van der Waals surface area contributed by atoms with Crippen LogP contribution in [0.5, 0.6) is 0 Å². The van der Waals surface area contributed by atoms with Crippen LogP contribution in [-0.2, 0) is 32.6 Å². The summed E-state index contributed by atoms with van der Waals surface area (Å²) in [6.07, 6.45) is 0.860. The Morgan fingerprint density at radius 2 is 1.87 bits per heavy atom. The highest BCUT2D eigenvalue weighted by Crippen LogP contribution is 2.24. The minimum Gasteiger partial charge on any atom is -0.454 e. The van der Waals surface area contributed by atoms with Crippen molar-refractivity contribution in [3.05, 3.63) is 59.9 Å². The van der Waals surface area contributed by atoms with Crippen molar-refractivity contribution in [2.45, 2.75) is 31.4 Å². The number of sulfonamides is 1. The summed E-state index contributed by atoms with van der Waals surface area (Å²) < 4.78 is 40.1. The highest BCUT2D eigenvalue weighted by atomic mass is 32.2. The van der Waals surface area contributed by atoms with Crippen molar-refractivity contribution in [1.29, 1.82) is 0 Å². The van der Waals surface area contributed by atoms with Crippen LogP contribution in [0, 0.1) is 0 Å². The average molecular weight is 444 g/mol. The van der Waals surface area contributed by atoms with Crippen molar-refractivity contribution < 1.29 is 22.7 Å². The first kappa shape index (κ1) is 21.5. The predicted octanol–water partition coefficient (Wildman–Crippen LogP) is 2.82. The fourth-order valence-corrected chi connectivity index (χ4v) is 5.06. The molecule has 9 heteroatoms. The second-order valence-corrected chi connectivity index (χ2v) is 9.23. The molecule has 0 amide bonds. The molecule has 0 bridgehead atoms. The number of carbonyl (C=O) groups is 1. The van der Waals surface area contributed by atoms with E-state index in [1.807, 2.05) is 17.6 Å². The Morgan fingerprint density at radius 1 is 1.13 bits per heavy atom. The smallest absolute Gasteiger partial charge is 0.338 e. The lowest BCUT2D eigenvalue weighted by molar-refractivity contribution is 0.0458. The van der Waals surface area contributed by atoms with Gasteiger partial charge in [-0.15, -0.1) is 0 Å². The standard InChI is InChI=1S/C22H25N3O5S/c1-2-10-25-20-9-8-18(31(27,28)24-11-13-29-14-12-24)15-19(20)23-21(25)16-30-22(26)17-6-4-3-5-7-17/h3-9,15H,2,10-14,16H2,1H3. The minimum atomic E-state index is -3.61. The summed E-state index contributed by atoms with van der Waals surface area (Å²) in [6, 6.07) is 13.8. The third kappa shape index (κ3) is 4.48. The molecule has 1 saturated heterocycles. The monoisotopic (exact) mass is 443 g/mol. The molecular formula is C22H25N3O5S. The number of rotatable bonds is 7. The summed E-state index contributed by atoms with van der Waals surface area (Å²) in [5.74, 6) is 0.161. The second kappa shape index (κ2) is 9.17. The maximum absolute atomic E-state index is 13.0. The van der Waals surface area contributed by atoms with Crippen LogP contribution in [0.2, 0.25) is 0 Å². The molecule has 1 aliphatic heterocycles. The number of fused-ring (bicyclic) bond motifs is 1. The molecule has 0 radical (unpaired) electrons. The van der Waals surface area contributed by atoms with Crippen LogP contribution >= 0.6 is 0 Å². The molecule has 0 spiro atoms. The number of carbonyl (C=O) groups excluding carboxylic acids is 1.